The minimum absolute atomic E-state index is 0.00887. The minimum Gasteiger partial charge on any atom is -0.326 e. The van der Waals surface area contributed by atoms with Gasteiger partial charge < -0.3 is 5.73 Å². The molecule has 16 heavy (non-hydrogen) atoms. The molecular formula is C10H11ClN2O2S. The second kappa shape index (κ2) is 4.83. The Labute approximate surface area is 99.1 Å². The molecule has 0 aliphatic heterocycles. The van der Waals surface area contributed by atoms with E-state index in [9.17, 15) is 8.42 Å². The first-order chi connectivity index (χ1) is 7.45. The van der Waals surface area contributed by atoms with Gasteiger partial charge in [0.1, 0.15) is 0 Å². The lowest BCUT2D eigenvalue weighted by Gasteiger charge is -2.10. The lowest BCUT2D eigenvalue weighted by atomic mass is 10.0. The maximum Gasteiger partial charge on any atom is 0.261 e. The molecule has 1 aromatic rings. The standard InChI is InChI=1S/C10H11ClN2O2S/c1-2-8-9(6-13)7(5-12)3-4-10(8)16(11,14)15/h3-4H,2,5,12H2,1H3. The summed E-state index contributed by atoms with van der Waals surface area (Å²) in [6.07, 6.45) is 0.415. The monoisotopic (exact) mass is 258 g/mol. The lowest BCUT2D eigenvalue weighted by molar-refractivity contribution is 0.608. The number of benzene rings is 1. The first-order valence-electron chi connectivity index (χ1n) is 4.65. The third kappa shape index (κ3) is 2.35. The van der Waals surface area contributed by atoms with Gasteiger partial charge in [0.15, 0.2) is 0 Å². The van der Waals surface area contributed by atoms with Crippen LogP contribution in [0.5, 0.6) is 0 Å². The van der Waals surface area contributed by atoms with Crippen LogP contribution in [0, 0.1) is 11.3 Å². The van der Waals surface area contributed by atoms with Crippen LogP contribution in [0.25, 0.3) is 0 Å². The van der Waals surface area contributed by atoms with Gasteiger partial charge in [-0.2, -0.15) is 5.26 Å². The van der Waals surface area contributed by atoms with Crippen molar-refractivity contribution < 1.29 is 8.42 Å². The van der Waals surface area contributed by atoms with Gasteiger partial charge in [-0.25, -0.2) is 8.42 Å². The van der Waals surface area contributed by atoms with Crippen molar-refractivity contribution in [2.24, 2.45) is 5.73 Å². The van der Waals surface area contributed by atoms with E-state index in [1.54, 1.807) is 6.92 Å². The summed E-state index contributed by atoms with van der Waals surface area (Å²) in [6.45, 7) is 1.96. The van der Waals surface area contributed by atoms with Crippen LogP contribution in [-0.4, -0.2) is 8.42 Å². The zero-order valence-corrected chi connectivity index (χ0v) is 10.3. The number of nitrogens with zero attached hydrogens (tertiary/aromatic N) is 1. The Morgan fingerprint density at radius 2 is 2.12 bits per heavy atom. The maximum absolute atomic E-state index is 11.3. The van der Waals surface area contributed by atoms with Gasteiger partial charge in [0.05, 0.1) is 16.5 Å². The van der Waals surface area contributed by atoms with E-state index in [4.69, 9.17) is 21.7 Å². The van der Waals surface area contributed by atoms with Crippen LogP contribution in [0.2, 0.25) is 0 Å². The van der Waals surface area contributed by atoms with E-state index in [1.807, 2.05) is 6.07 Å². The van der Waals surface area contributed by atoms with E-state index in [0.29, 0.717) is 23.1 Å². The molecule has 6 heteroatoms. The Balaban J connectivity index is 3.65. The molecule has 1 rings (SSSR count). The summed E-state index contributed by atoms with van der Waals surface area (Å²) in [4.78, 5) is -0.00887. The fraction of sp³-hybridized carbons (Fsp3) is 0.300. The molecule has 0 atom stereocenters. The third-order valence-corrected chi connectivity index (χ3v) is 3.71. The Morgan fingerprint density at radius 3 is 2.50 bits per heavy atom. The van der Waals surface area contributed by atoms with Gasteiger partial charge >= 0.3 is 0 Å². The van der Waals surface area contributed by atoms with E-state index in [2.05, 4.69) is 0 Å². The molecule has 0 amide bonds. The van der Waals surface area contributed by atoms with Crippen molar-refractivity contribution in [2.45, 2.75) is 24.8 Å². The maximum atomic E-state index is 11.3. The molecular weight excluding hydrogens is 248 g/mol. The van der Waals surface area contributed by atoms with Gasteiger partial charge in [0.2, 0.25) is 0 Å². The summed E-state index contributed by atoms with van der Waals surface area (Å²) in [5, 5.41) is 9.01. The van der Waals surface area contributed by atoms with E-state index in [1.165, 1.54) is 12.1 Å². The molecule has 86 valence electrons. The molecule has 0 bridgehead atoms. The average Bonchev–Trinajstić information content (AvgIpc) is 2.25. The van der Waals surface area contributed by atoms with Crippen LogP contribution in [0.3, 0.4) is 0 Å². The van der Waals surface area contributed by atoms with E-state index < -0.39 is 9.05 Å². The van der Waals surface area contributed by atoms with Crippen LogP contribution in [0.1, 0.15) is 23.6 Å². The van der Waals surface area contributed by atoms with Gasteiger partial charge in [-0.15, -0.1) is 0 Å². The molecule has 0 unspecified atom stereocenters. The van der Waals surface area contributed by atoms with Gasteiger partial charge in [-0.3, -0.25) is 0 Å². The van der Waals surface area contributed by atoms with Crippen molar-refractivity contribution in [3.05, 3.63) is 28.8 Å². The summed E-state index contributed by atoms with van der Waals surface area (Å²) in [6, 6.07) is 4.89. The predicted octanol–water partition coefficient (Wildman–Crippen LogP) is 1.51. The molecule has 1 aromatic carbocycles. The SMILES string of the molecule is CCc1c(S(=O)(=O)Cl)ccc(CN)c1C#N. The minimum atomic E-state index is -3.82. The van der Waals surface area contributed by atoms with Gasteiger partial charge in [-0.1, -0.05) is 13.0 Å². The van der Waals surface area contributed by atoms with E-state index in [0.717, 1.165) is 0 Å². The van der Waals surface area contributed by atoms with Crippen LogP contribution in [0.4, 0.5) is 0 Å². The molecule has 0 heterocycles. The molecule has 0 saturated carbocycles. The number of hydrogen-bond donors (Lipinski definition) is 1. The Morgan fingerprint density at radius 1 is 1.50 bits per heavy atom. The fourth-order valence-electron chi connectivity index (χ4n) is 1.57. The number of nitriles is 1. The first kappa shape index (κ1) is 13.0. The van der Waals surface area contributed by atoms with Crippen molar-refractivity contribution in [1.82, 2.24) is 0 Å². The van der Waals surface area contributed by atoms with E-state index >= 15 is 0 Å². The molecule has 0 saturated heterocycles. The molecule has 0 aliphatic rings. The number of nitrogens with two attached hydrogens (primary N) is 1. The molecule has 0 spiro atoms. The van der Waals surface area contributed by atoms with Crippen LogP contribution in [0.15, 0.2) is 17.0 Å². The molecule has 2 N–H and O–H groups in total. The van der Waals surface area contributed by atoms with Gasteiger partial charge in [0.25, 0.3) is 9.05 Å². The predicted molar refractivity (Wildman–Crippen MR) is 61.5 cm³/mol. The number of halogens is 1. The van der Waals surface area contributed by atoms with Crippen LogP contribution < -0.4 is 5.73 Å². The number of hydrogen-bond acceptors (Lipinski definition) is 4. The van der Waals surface area contributed by atoms with Crippen molar-refractivity contribution in [2.75, 3.05) is 0 Å². The Kier molecular flexibility index (Phi) is 3.92. The van der Waals surface area contributed by atoms with Crippen molar-refractivity contribution in [3.8, 4) is 6.07 Å². The normalized spacial score (nSPS) is 11.1. The summed E-state index contributed by atoms with van der Waals surface area (Å²) < 4.78 is 22.6. The third-order valence-electron chi connectivity index (χ3n) is 2.30. The molecule has 0 fully saturated rings. The van der Waals surface area contributed by atoms with E-state index in [-0.39, 0.29) is 11.4 Å². The zero-order valence-electron chi connectivity index (χ0n) is 8.70. The highest BCUT2D eigenvalue weighted by Crippen LogP contribution is 2.25. The zero-order chi connectivity index (χ0) is 12.3. The van der Waals surface area contributed by atoms with Gasteiger partial charge in [-0.05, 0) is 23.6 Å². The highest BCUT2D eigenvalue weighted by atomic mass is 35.7. The second-order valence-electron chi connectivity index (χ2n) is 3.18. The Bertz CT molecular complexity index is 547. The van der Waals surface area contributed by atoms with Gasteiger partial charge in [0, 0.05) is 17.2 Å². The Hall–Kier alpha value is -1.09. The smallest absolute Gasteiger partial charge is 0.261 e. The topological polar surface area (TPSA) is 83.9 Å². The molecule has 4 nitrogen and oxygen atoms in total. The largest absolute Gasteiger partial charge is 0.326 e. The van der Waals surface area contributed by atoms with Crippen molar-refractivity contribution in [1.29, 1.82) is 5.26 Å². The summed E-state index contributed by atoms with van der Waals surface area (Å²) >= 11 is 0. The second-order valence-corrected chi connectivity index (χ2v) is 5.72. The van der Waals surface area contributed by atoms with Crippen molar-refractivity contribution >= 4 is 19.7 Å². The summed E-state index contributed by atoms with van der Waals surface area (Å²) in [7, 11) is 1.48. The average molecular weight is 259 g/mol. The summed E-state index contributed by atoms with van der Waals surface area (Å²) in [5.41, 5.74) is 6.85. The van der Waals surface area contributed by atoms with Crippen LogP contribution >= 0.6 is 10.7 Å². The number of rotatable bonds is 3. The molecule has 0 radical (unpaired) electrons. The van der Waals surface area contributed by atoms with Crippen LogP contribution in [-0.2, 0) is 22.0 Å². The highest BCUT2D eigenvalue weighted by molar-refractivity contribution is 8.13. The fourth-order valence-corrected chi connectivity index (χ4v) is 2.77. The molecule has 0 aromatic heterocycles. The highest BCUT2D eigenvalue weighted by Gasteiger charge is 2.19. The quantitative estimate of drug-likeness (QED) is 0.833. The lowest BCUT2D eigenvalue weighted by Crippen LogP contribution is -2.06. The first-order valence-corrected chi connectivity index (χ1v) is 6.96. The summed E-state index contributed by atoms with van der Waals surface area (Å²) in [5.74, 6) is 0. The molecule has 0 aliphatic carbocycles. The van der Waals surface area contributed by atoms with Crippen molar-refractivity contribution in [3.63, 3.8) is 0 Å².